The maximum Gasteiger partial charge on any atom is 0.331 e. The molecule has 0 aromatic carbocycles. The average Bonchev–Trinajstić information content (AvgIpc) is 3.43. The molecule has 0 bridgehead atoms. The number of aromatic amines is 1. The zero-order valence-electron chi connectivity index (χ0n) is 22.5. The predicted octanol–water partition coefficient (Wildman–Crippen LogP) is 3.96. The molecule has 1 aliphatic rings. The summed E-state index contributed by atoms with van der Waals surface area (Å²) < 4.78 is 48.7. The van der Waals surface area contributed by atoms with Crippen LogP contribution in [0.2, 0.25) is 0 Å². The Bertz CT molecular complexity index is 1690. The third-order valence-electron chi connectivity index (χ3n) is 7.45. The van der Waals surface area contributed by atoms with Gasteiger partial charge in [-0.1, -0.05) is 11.2 Å². The van der Waals surface area contributed by atoms with Crippen LogP contribution in [0.1, 0.15) is 69.7 Å². The van der Waals surface area contributed by atoms with Crippen molar-refractivity contribution in [1.29, 1.82) is 0 Å². The number of unbranched alkanes of at least 4 members (excludes halogenated alkanes) is 1. The second-order valence-electron chi connectivity index (χ2n) is 10.4. The van der Waals surface area contributed by atoms with E-state index in [4.69, 9.17) is 4.52 Å². The molecule has 1 N–H and O–H groups in total. The summed E-state index contributed by atoms with van der Waals surface area (Å²) in [5, 5.41) is 3.95. The van der Waals surface area contributed by atoms with E-state index < -0.39 is 28.9 Å². The first kappa shape index (κ1) is 28.4. The topological polar surface area (TPSA) is 142 Å². The SMILES string of the molecule is CC(F)c1nc2c(=O)n(CCCCc3noc(-c4ccccn4)n3)c(=O)n(CCC3CCC(F)(F)CC3)c2c(=O)[nH]1. The molecule has 4 aromatic rings. The number of nitrogens with one attached hydrogen (secondary N) is 1. The average molecular weight is 574 g/mol. The highest BCUT2D eigenvalue weighted by Crippen LogP contribution is 2.37. The number of aromatic nitrogens is 7. The number of aryl methyl sites for hydroxylation is 2. The van der Waals surface area contributed by atoms with Gasteiger partial charge < -0.3 is 9.51 Å². The molecule has 0 amide bonds. The lowest BCUT2D eigenvalue weighted by Gasteiger charge is -2.28. The highest BCUT2D eigenvalue weighted by molar-refractivity contribution is 5.72. The van der Waals surface area contributed by atoms with Gasteiger partial charge in [-0.05, 0) is 57.1 Å². The summed E-state index contributed by atoms with van der Waals surface area (Å²) in [7, 11) is 0. The van der Waals surface area contributed by atoms with E-state index in [9.17, 15) is 27.6 Å². The minimum Gasteiger partial charge on any atom is -0.332 e. The van der Waals surface area contributed by atoms with Crippen LogP contribution in [-0.2, 0) is 19.5 Å². The second-order valence-corrected chi connectivity index (χ2v) is 10.4. The van der Waals surface area contributed by atoms with E-state index in [0.29, 0.717) is 50.0 Å². The fourth-order valence-electron chi connectivity index (χ4n) is 5.14. The van der Waals surface area contributed by atoms with Crippen LogP contribution in [0.25, 0.3) is 22.6 Å². The molecule has 1 fully saturated rings. The fraction of sp³-hybridized carbons (Fsp3) is 0.519. The number of hydrogen-bond acceptors (Lipinski definition) is 8. The molecule has 1 aliphatic carbocycles. The van der Waals surface area contributed by atoms with Crippen molar-refractivity contribution >= 4 is 11.0 Å². The predicted molar refractivity (Wildman–Crippen MR) is 142 cm³/mol. The smallest absolute Gasteiger partial charge is 0.331 e. The fourth-order valence-corrected chi connectivity index (χ4v) is 5.14. The van der Waals surface area contributed by atoms with Crippen molar-refractivity contribution in [3.05, 3.63) is 67.2 Å². The van der Waals surface area contributed by atoms with Gasteiger partial charge >= 0.3 is 5.69 Å². The maximum absolute atomic E-state index is 14.0. The molecule has 0 saturated heterocycles. The van der Waals surface area contributed by atoms with Gasteiger partial charge in [-0.15, -0.1) is 0 Å². The number of pyridine rings is 1. The molecule has 4 heterocycles. The summed E-state index contributed by atoms with van der Waals surface area (Å²) in [4.78, 5) is 54.6. The zero-order valence-corrected chi connectivity index (χ0v) is 22.5. The first-order valence-corrected chi connectivity index (χ1v) is 13.7. The van der Waals surface area contributed by atoms with Gasteiger partial charge in [0.2, 0.25) is 5.92 Å². The molecule has 0 spiro atoms. The number of rotatable bonds is 10. The Morgan fingerprint density at radius 2 is 1.88 bits per heavy atom. The van der Waals surface area contributed by atoms with Crippen molar-refractivity contribution in [2.24, 2.45) is 5.92 Å². The standard InChI is InChI=1S/C27H30F3N7O4/c1-16(28)22-33-20-21(23(38)34-22)36(15-10-17-8-11-27(29,30)12-9-17)26(40)37(25(20)39)14-5-3-7-19-32-24(41-35-19)18-6-2-4-13-31-18/h2,4,6,13,16-17H,3,5,7-12,14-15H2,1H3,(H,33,34,38). The molecule has 5 rings (SSSR count). The number of hydrogen-bond donors (Lipinski definition) is 1. The number of nitrogens with zero attached hydrogens (tertiary/aromatic N) is 6. The lowest BCUT2D eigenvalue weighted by Crippen LogP contribution is -2.43. The normalized spacial score (nSPS) is 16.3. The Morgan fingerprint density at radius 3 is 2.59 bits per heavy atom. The van der Waals surface area contributed by atoms with Crippen LogP contribution in [0.5, 0.6) is 0 Å². The molecule has 4 aromatic heterocycles. The molecular weight excluding hydrogens is 543 g/mol. The molecular formula is C27H30F3N7O4. The molecule has 1 atom stereocenters. The Labute approximate surface area is 231 Å². The van der Waals surface area contributed by atoms with Crippen LogP contribution >= 0.6 is 0 Å². The van der Waals surface area contributed by atoms with Crippen molar-refractivity contribution in [2.45, 2.75) is 83.5 Å². The van der Waals surface area contributed by atoms with Crippen LogP contribution < -0.4 is 16.8 Å². The number of fused-ring (bicyclic) bond motifs is 1. The van der Waals surface area contributed by atoms with Gasteiger partial charge in [0.25, 0.3) is 17.0 Å². The van der Waals surface area contributed by atoms with E-state index in [1.54, 1.807) is 24.4 Å². The van der Waals surface area contributed by atoms with Crippen LogP contribution in [0.3, 0.4) is 0 Å². The van der Waals surface area contributed by atoms with E-state index in [1.165, 1.54) is 11.5 Å². The zero-order chi connectivity index (χ0) is 29.1. The minimum atomic E-state index is -2.69. The quantitative estimate of drug-likeness (QED) is 0.281. The van der Waals surface area contributed by atoms with Crippen LogP contribution in [0.15, 0.2) is 43.3 Å². The van der Waals surface area contributed by atoms with Crippen LogP contribution in [0, 0.1) is 5.92 Å². The van der Waals surface area contributed by atoms with Crippen molar-refractivity contribution < 1.29 is 17.7 Å². The molecule has 218 valence electrons. The third kappa shape index (κ3) is 6.30. The monoisotopic (exact) mass is 573 g/mol. The Kier molecular flexibility index (Phi) is 8.18. The van der Waals surface area contributed by atoms with E-state index in [0.717, 1.165) is 4.57 Å². The van der Waals surface area contributed by atoms with E-state index in [2.05, 4.69) is 25.1 Å². The summed E-state index contributed by atoms with van der Waals surface area (Å²) in [6.07, 6.45) is 1.81. The molecule has 1 saturated carbocycles. The molecule has 0 aliphatic heterocycles. The van der Waals surface area contributed by atoms with Gasteiger partial charge in [-0.25, -0.2) is 22.9 Å². The summed E-state index contributed by atoms with van der Waals surface area (Å²) in [6.45, 7) is 1.23. The minimum absolute atomic E-state index is 0.0171. The first-order chi connectivity index (χ1) is 19.6. The lowest BCUT2D eigenvalue weighted by molar-refractivity contribution is -0.0468. The van der Waals surface area contributed by atoms with Crippen molar-refractivity contribution in [2.75, 3.05) is 0 Å². The van der Waals surface area contributed by atoms with Gasteiger partial charge in [0.05, 0.1) is 0 Å². The number of H-pyrrole nitrogens is 1. The van der Waals surface area contributed by atoms with Gasteiger partial charge in [-0.2, -0.15) is 4.98 Å². The van der Waals surface area contributed by atoms with E-state index >= 15 is 0 Å². The molecule has 1 unspecified atom stereocenters. The molecule has 14 heteroatoms. The Balaban J connectivity index is 1.36. The van der Waals surface area contributed by atoms with Crippen molar-refractivity contribution in [1.82, 2.24) is 34.2 Å². The summed E-state index contributed by atoms with van der Waals surface area (Å²) in [5.41, 5.74) is -2.29. The van der Waals surface area contributed by atoms with Gasteiger partial charge in [0.15, 0.2) is 17.5 Å². The summed E-state index contributed by atoms with van der Waals surface area (Å²) >= 11 is 0. The molecule has 41 heavy (non-hydrogen) atoms. The Morgan fingerprint density at radius 1 is 1.10 bits per heavy atom. The highest BCUT2D eigenvalue weighted by atomic mass is 19.3. The van der Waals surface area contributed by atoms with E-state index in [1.807, 2.05) is 0 Å². The van der Waals surface area contributed by atoms with Crippen LogP contribution in [0.4, 0.5) is 13.2 Å². The second kappa shape index (κ2) is 11.8. The third-order valence-corrected chi connectivity index (χ3v) is 7.45. The summed E-state index contributed by atoms with van der Waals surface area (Å²) in [6, 6.07) is 5.31. The first-order valence-electron chi connectivity index (χ1n) is 13.7. The summed E-state index contributed by atoms with van der Waals surface area (Å²) in [5.74, 6) is -2.33. The van der Waals surface area contributed by atoms with Crippen LogP contribution in [-0.4, -0.2) is 40.1 Å². The highest BCUT2D eigenvalue weighted by Gasteiger charge is 2.34. The lowest BCUT2D eigenvalue weighted by atomic mass is 9.85. The largest absolute Gasteiger partial charge is 0.332 e. The maximum atomic E-state index is 14.0. The number of halogens is 3. The van der Waals surface area contributed by atoms with Gasteiger partial charge in [0.1, 0.15) is 17.0 Å². The number of alkyl halides is 3. The van der Waals surface area contributed by atoms with E-state index in [-0.39, 0.29) is 54.6 Å². The van der Waals surface area contributed by atoms with Crippen molar-refractivity contribution in [3.8, 4) is 11.6 Å². The van der Waals surface area contributed by atoms with Crippen molar-refractivity contribution in [3.63, 3.8) is 0 Å². The van der Waals surface area contributed by atoms with Gasteiger partial charge in [-0.3, -0.25) is 23.7 Å². The Hall–Kier alpha value is -4.10. The molecule has 0 radical (unpaired) electrons. The van der Waals surface area contributed by atoms with Gasteiger partial charge in [0, 0.05) is 38.5 Å². The molecule has 11 nitrogen and oxygen atoms in total.